The van der Waals surface area contributed by atoms with E-state index in [-0.39, 0.29) is 11.1 Å². The first-order valence-electron chi connectivity index (χ1n) is 10.5. The van der Waals surface area contributed by atoms with Crippen molar-refractivity contribution in [1.29, 1.82) is 0 Å². The van der Waals surface area contributed by atoms with E-state index < -0.39 is 49.0 Å². The first-order chi connectivity index (χ1) is 16.8. The van der Waals surface area contributed by atoms with Crippen LogP contribution in [0.4, 0.5) is 8.78 Å². The highest BCUT2D eigenvalue weighted by molar-refractivity contribution is 7.54. The Labute approximate surface area is 215 Å². The minimum atomic E-state index is -4.77. The summed E-state index contributed by atoms with van der Waals surface area (Å²) in [6.07, 6.45) is 2.41. The zero-order chi connectivity index (χ0) is 26.7. The number of carbonyl (C=O) groups excluding carboxylic acids is 2. The average Bonchev–Trinajstić information content (AvgIpc) is 3.17. The fraction of sp³-hybridized carbons (Fsp3) is 0.250. The van der Waals surface area contributed by atoms with E-state index in [9.17, 15) is 27.8 Å². The second kappa shape index (κ2) is 11.2. The van der Waals surface area contributed by atoms with Crippen molar-refractivity contribution in [3.63, 3.8) is 0 Å². The maximum Gasteiger partial charge on any atom is 0.347 e. The number of esters is 1. The minimum absolute atomic E-state index is 0.184. The summed E-state index contributed by atoms with van der Waals surface area (Å²) in [5.41, 5.74) is -2.15. The largest absolute Gasteiger partial charge is 0.438 e. The van der Waals surface area contributed by atoms with E-state index >= 15 is 0 Å². The van der Waals surface area contributed by atoms with Gasteiger partial charge in [-0.3, -0.25) is 18.7 Å². The molecular weight excluding hydrogens is 535 g/mol. The topological polar surface area (TPSA) is 102 Å². The standard InChI is InChI=1S/C24H23ClF2NO6PS/c1-24(2,3)23(30)33-13-34-35(31,32)21(17-12-36-20-7-5-15(25)11-16(17)20)22(29)28-9-8-14-4-6-18(26)19(27)10-14/h4-12,21H,13H2,1-3H3,(H,28,29)(H,31,32). The van der Waals surface area contributed by atoms with Crippen LogP contribution in [0.5, 0.6) is 0 Å². The van der Waals surface area contributed by atoms with Crippen molar-refractivity contribution in [1.82, 2.24) is 5.32 Å². The van der Waals surface area contributed by atoms with Crippen LogP contribution in [0.15, 0.2) is 48.0 Å². The molecule has 1 heterocycles. The molecule has 0 bridgehead atoms. The second-order valence-corrected chi connectivity index (χ2v) is 12.0. The van der Waals surface area contributed by atoms with E-state index in [1.165, 1.54) is 28.9 Å². The lowest BCUT2D eigenvalue weighted by Gasteiger charge is -2.22. The second-order valence-electron chi connectivity index (χ2n) is 8.74. The molecule has 2 unspecified atom stereocenters. The van der Waals surface area contributed by atoms with Crippen LogP contribution in [0.2, 0.25) is 5.02 Å². The third-order valence-electron chi connectivity index (χ3n) is 4.92. The van der Waals surface area contributed by atoms with Crippen LogP contribution in [0.25, 0.3) is 16.2 Å². The van der Waals surface area contributed by atoms with E-state index in [1.54, 1.807) is 39.0 Å². The quantitative estimate of drug-likeness (QED) is 0.188. The molecule has 3 aromatic rings. The number of hydrogen-bond acceptors (Lipinski definition) is 6. The average molecular weight is 558 g/mol. The molecule has 1 aromatic heterocycles. The van der Waals surface area contributed by atoms with Crippen LogP contribution in [-0.2, 0) is 23.4 Å². The Morgan fingerprint density at radius 1 is 1.19 bits per heavy atom. The molecule has 0 spiro atoms. The SMILES string of the molecule is CC(C)(C)C(=O)OCOP(=O)(O)C(C(=O)NC=Cc1ccc(F)c(F)c1)c1csc2ccc(Cl)cc12. The summed E-state index contributed by atoms with van der Waals surface area (Å²) in [7, 11) is -4.77. The van der Waals surface area contributed by atoms with Crippen LogP contribution in [0.3, 0.4) is 0 Å². The lowest BCUT2D eigenvalue weighted by Crippen LogP contribution is -2.27. The molecule has 0 aliphatic rings. The van der Waals surface area contributed by atoms with Crippen molar-refractivity contribution in [2.75, 3.05) is 6.79 Å². The summed E-state index contributed by atoms with van der Waals surface area (Å²) in [5.74, 6) is -3.67. The van der Waals surface area contributed by atoms with Crippen molar-refractivity contribution in [2.45, 2.75) is 26.4 Å². The molecule has 2 N–H and O–H groups in total. The Morgan fingerprint density at radius 2 is 1.92 bits per heavy atom. The Bertz CT molecular complexity index is 1370. The van der Waals surface area contributed by atoms with Gasteiger partial charge in [-0.05, 0) is 79.1 Å². The molecule has 1 amide bonds. The van der Waals surface area contributed by atoms with Gasteiger partial charge in [0.2, 0.25) is 12.7 Å². The summed E-state index contributed by atoms with van der Waals surface area (Å²) in [4.78, 5) is 35.9. The highest BCUT2D eigenvalue weighted by Gasteiger charge is 2.42. The molecule has 192 valence electrons. The van der Waals surface area contributed by atoms with Gasteiger partial charge in [-0.15, -0.1) is 11.3 Å². The zero-order valence-corrected chi connectivity index (χ0v) is 21.9. The van der Waals surface area contributed by atoms with Crippen LogP contribution < -0.4 is 5.32 Å². The molecule has 7 nitrogen and oxygen atoms in total. The zero-order valence-electron chi connectivity index (χ0n) is 19.5. The van der Waals surface area contributed by atoms with Crippen molar-refractivity contribution < 1.29 is 37.1 Å². The summed E-state index contributed by atoms with van der Waals surface area (Å²) < 4.78 is 50.5. The number of rotatable bonds is 8. The van der Waals surface area contributed by atoms with Gasteiger partial charge >= 0.3 is 13.6 Å². The number of ether oxygens (including phenoxy) is 1. The van der Waals surface area contributed by atoms with Gasteiger partial charge in [-0.25, -0.2) is 8.78 Å². The number of carbonyl (C=O) groups is 2. The fourth-order valence-electron chi connectivity index (χ4n) is 3.06. The van der Waals surface area contributed by atoms with Crippen LogP contribution >= 0.6 is 30.5 Å². The molecule has 2 atom stereocenters. The van der Waals surface area contributed by atoms with Crippen molar-refractivity contribution in [3.05, 3.63) is 75.8 Å². The molecule has 12 heteroatoms. The molecule has 0 saturated carbocycles. The number of fused-ring (bicyclic) bond motifs is 1. The summed E-state index contributed by atoms with van der Waals surface area (Å²) in [6.45, 7) is 3.96. The van der Waals surface area contributed by atoms with E-state index in [2.05, 4.69) is 5.32 Å². The van der Waals surface area contributed by atoms with Gasteiger partial charge in [-0.2, -0.15) is 0 Å². The number of thiophene rings is 1. The first kappa shape index (κ1) is 28.0. The van der Waals surface area contributed by atoms with Gasteiger partial charge in [-0.1, -0.05) is 17.7 Å². The summed E-state index contributed by atoms with van der Waals surface area (Å²) in [6, 6.07) is 8.04. The van der Waals surface area contributed by atoms with E-state index in [0.29, 0.717) is 15.1 Å². The first-order valence-corrected chi connectivity index (χ1v) is 13.4. The van der Waals surface area contributed by atoms with Crippen molar-refractivity contribution >= 4 is 58.6 Å². The normalized spacial score (nSPS) is 14.5. The number of nitrogens with one attached hydrogen (secondary N) is 1. The van der Waals surface area contributed by atoms with Crippen LogP contribution in [0.1, 0.15) is 37.6 Å². The monoisotopic (exact) mass is 557 g/mol. The summed E-state index contributed by atoms with van der Waals surface area (Å²) in [5, 5.41) is 4.75. The Balaban J connectivity index is 1.89. The maximum absolute atomic E-state index is 13.4. The fourth-order valence-corrected chi connectivity index (χ4v) is 5.59. The third-order valence-corrected chi connectivity index (χ3v) is 7.78. The molecule has 0 aliphatic carbocycles. The van der Waals surface area contributed by atoms with E-state index in [4.69, 9.17) is 20.9 Å². The van der Waals surface area contributed by atoms with Gasteiger partial charge in [0.15, 0.2) is 17.3 Å². The smallest absolute Gasteiger partial charge is 0.347 e. The minimum Gasteiger partial charge on any atom is -0.438 e. The Hall–Kier alpha value is -2.62. The number of amides is 1. The van der Waals surface area contributed by atoms with Crippen molar-refractivity contribution in [3.8, 4) is 0 Å². The van der Waals surface area contributed by atoms with E-state index in [1.807, 2.05) is 0 Å². The molecule has 0 fully saturated rings. The molecule has 36 heavy (non-hydrogen) atoms. The molecule has 3 rings (SSSR count). The van der Waals surface area contributed by atoms with Gasteiger partial charge in [0.05, 0.1) is 5.41 Å². The lowest BCUT2D eigenvalue weighted by atomic mass is 9.98. The van der Waals surface area contributed by atoms with Crippen molar-refractivity contribution in [2.24, 2.45) is 5.41 Å². The predicted octanol–water partition coefficient (Wildman–Crippen LogP) is 6.41. The number of hydrogen-bond donors (Lipinski definition) is 2. The van der Waals surface area contributed by atoms with E-state index in [0.717, 1.165) is 18.3 Å². The van der Waals surface area contributed by atoms with Gasteiger partial charge in [0.1, 0.15) is 0 Å². The van der Waals surface area contributed by atoms with Crippen LogP contribution in [-0.4, -0.2) is 23.6 Å². The molecule has 2 aromatic carbocycles. The number of halogens is 3. The molecule has 0 saturated heterocycles. The molecular formula is C24H23ClF2NO6PS. The highest BCUT2D eigenvalue weighted by atomic mass is 35.5. The maximum atomic E-state index is 13.4. The summed E-state index contributed by atoms with van der Waals surface area (Å²) >= 11 is 7.33. The Morgan fingerprint density at radius 3 is 2.58 bits per heavy atom. The third kappa shape index (κ3) is 6.78. The lowest BCUT2D eigenvalue weighted by molar-refractivity contribution is -0.159. The Kier molecular flexibility index (Phi) is 8.69. The van der Waals surface area contributed by atoms with Gasteiger partial charge < -0.3 is 14.9 Å². The predicted molar refractivity (Wildman–Crippen MR) is 134 cm³/mol. The highest BCUT2D eigenvalue weighted by Crippen LogP contribution is 2.58. The van der Waals surface area contributed by atoms with Gasteiger partial charge in [0.25, 0.3) is 0 Å². The molecule has 0 radical (unpaired) electrons. The van der Waals surface area contributed by atoms with Gasteiger partial charge in [0, 0.05) is 15.9 Å². The number of benzene rings is 2. The van der Waals surface area contributed by atoms with Crippen LogP contribution in [0, 0.1) is 17.0 Å². The molecule has 0 aliphatic heterocycles.